The molecule has 0 aliphatic carbocycles. The first-order valence-electron chi connectivity index (χ1n) is 5.37. The van der Waals surface area contributed by atoms with E-state index < -0.39 is 11.9 Å². The van der Waals surface area contributed by atoms with Gasteiger partial charge in [0.1, 0.15) is 11.3 Å². The number of aromatic amines is 1. The highest BCUT2D eigenvalue weighted by atomic mass is 16.4. The van der Waals surface area contributed by atoms with Gasteiger partial charge in [-0.25, -0.2) is 4.79 Å². The minimum absolute atomic E-state index is 0.0388. The van der Waals surface area contributed by atoms with Crippen LogP contribution >= 0.6 is 0 Å². The molecule has 1 aromatic heterocycles. The van der Waals surface area contributed by atoms with Crippen LogP contribution in [0.5, 0.6) is 5.75 Å². The minimum atomic E-state index is -1.17. The molecule has 0 saturated carbocycles. The Morgan fingerprint density at radius 2 is 1.89 bits per heavy atom. The summed E-state index contributed by atoms with van der Waals surface area (Å²) in [7, 11) is 0. The summed E-state index contributed by atoms with van der Waals surface area (Å²) in [5, 5.41) is 26.8. The number of phenolic OH excluding ortho intramolecular Hbond substituents is 1. The number of carboxylic acid groups (broad SMARTS) is 1. The predicted octanol–water partition coefficient (Wildman–Crippen LogP) is 1.37. The number of carbonyl (C=O) groups excluding carboxylic acids is 1. The standard InChI is InChI=1S/C12H11N3O4/c1-6-9(12(18)19)10(15-14-6)13-11(17)7-2-4-8(16)5-3-7/h2-5,16H,1H3,(H,18,19)(H2,13,14,15,17). The van der Waals surface area contributed by atoms with Gasteiger partial charge in [0.15, 0.2) is 5.82 Å². The first-order valence-corrected chi connectivity index (χ1v) is 5.37. The molecule has 0 radical (unpaired) electrons. The molecule has 4 N–H and O–H groups in total. The lowest BCUT2D eigenvalue weighted by Crippen LogP contribution is -2.14. The summed E-state index contributed by atoms with van der Waals surface area (Å²) >= 11 is 0. The van der Waals surface area contributed by atoms with Gasteiger partial charge in [0.25, 0.3) is 5.91 Å². The Balaban J connectivity index is 2.24. The first kappa shape index (κ1) is 12.6. The molecule has 2 rings (SSSR count). The second kappa shape index (κ2) is 4.81. The topological polar surface area (TPSA) is 115 Å². The number of anilines is 1. The predicted molar refractivity (Wildman–Crippen MR) is 66.3 cm³/mol. The summed E-state index contributed by atoms with van der Waals surface area (Å²) in [5.41, 5.74) is 0.565. The van der Waals surface area contributed by atoms with Crippen molar-refractivity contribution in [2.75, 3.05) is 5.32 Å². The lowest BCUT2D eigenvalue weighted by molar-refractivity contribution is 0.0697. The molecule has 0 spiro atoms. The molecule has 2 aromatic rings. The molecular weight excluding hydrogens is 250 g/mol. The summed E-state index contributed by atoms with van der Waals surface area (Å²) in [6, 6.07) is 5.57. The number of aryl methyl sites for hydroxylation is 1. The molecule has 19 heavy (non-hydrogen) atoms. The highest BCUT2D eigenvalue weighted by Crippen LogP contribution is 2.17. The van der Waals surface area contributed by atoms with Gasteiger partial charge in [-0.1, -0.05) is 0 Å². The summed E-state index contributed by atoms with van der Waals surface area (Å²) in [6.07, 6.45) is 0. The monoisotopic (exact) mass is 261 g/mol. The Bertz CT molecular complexity index is 631. The van der Waals surface area contributed by atoms with E-state index in [-0.39, 0.29) is 22.7 Å². The van der Waals surface area contributed by atoms with Gasteiger partial charge in [-0.2, -0.15) is 5.10 Å². The van der Waals surface area contributed by atoms with Crippen LogP contribution in [0.1, 0.15) is 26.4 Å². The molecule has 0 atom stereocenters. The number of amides is 1. The van der Waals surface area contributed by atoms with Crippen LogP contribution in [0.4, 0.5) is 5.82 Å². The number of benzene rings is 1. The summed E-state index contributed by atoms with van der Waals surface area (Å²) in [4.78, 5) is 22.9. The third kappa shape index (κ3) is 2.54. The lowest BCUT2D eigenvalue weighted by Gasteiger charge is -2.03. The second-order valence-electron chi connectivity index (χ2n) is 3.88. The van der Waals surface area contributed by atoms with Gasteiger partial charge in [-0.3, -0.25) is 9.89 Å². The molecule has 0 unspecified atom stereocenters. The average Bonchev–Trinajstić information content (AvgIpc) is 2.71. The molecule has 1 amide bonds. The molecule has 98 valence electrons. The Kier molecular flexibility index (Phi) is 3.19. The quantitative estimate of drug-likeness (QED) is 0.666. The van der Waals surface area contributed by atoms with Gasteiger partial charge >= 0.3 is 5.97 Å². The van der Waals surface area contributed by atoms with Crippen molar-refractivity contribution in [3.8, 4) is 5.75 Å². The van der Waals surface area contributed by atoms with E-state index in [0.717, 1.165) is 0 Å². The molecule has 1 aromatic carbocycles. The van der Waals surface area contributed by atoms with Crippen molar-refractivity contribution in [3.63, 3.8) is 0 Å². The zero-order chi connectivity index (χ0) is 14.0. The third-order valence-corrected chi connectivity index (χ3v) is 2.52. The first-order chi connectivity index (χ1) is 8.99. The van der Waals surface area contributed by atoms with Gasteiger partial charge in [0.2, 0.25) is 0 Å². The van der Waals surface area contributed by atoms with Crippen LogP contribution < -0.4 is 5.32 Å². The maximum absolute atomic E-state index is 11.9. The number of rotatable bonds is 3. The molecular formula is C12H11N3O4. The number of aromatic hydroxyl groups is 1. The van der Waals surface area contributed by atoms with Crippen molar-refractivity contribution in [2.45, 2.75) is 6.92 Å². The van der Waals surface area contributed by atoms with Gasteiger partial charge in [0, 0.05) is 11.3 Å². The lowest BCUT2D eigenvalue weighted by atomic mass is 10.2. The number of carboxylic acids is 1. The number of nitrogens with zero attached hydrogens (tertiary/aromatic N) is 1. The fourth-order valence-electron chi connectivity index (χ4n) is 1.57. The fourth-order valence-corrected chi connectivity index (χ4v) is 1.57. The second-order valence-corrected chi connectivity index (χ2v) is 3.88. The third-order valence-electron chi connectivity index (χ3n) is 2.52. The molecule has 0 fully saturated rings. The van der Waals surface area contributed by atoms with Gasteiger partial charge < -0.3 is 15.5 Å². The van der Waals surface area contributed by atoms with Crippen molar-refractivity contribution in [3.05, 3.63) is 41.1 Å². The number of nitrogens with one attached hydrogen (secondary N) is 2. The number of carbonyl (C=O) groups is 2. The van der Waals surface area contributed by atoms with E-state index in [1.807, 2.05) is 0 Å². The normalized spacial score (nSPS) is 10.2. The van der Waals surface area contributed by atoms with E-state index in [2.05, 4.69) is 15.5 Å². The van der Waals surface area contributed by atoms with Crippen molar-refractivity contribution < 1.29 is 19.8 Å². The molecule has 7 heteroatoms. The number of aromatic carboxylic acids is 1. The molecule has 1 heterocycles. The van der Waals surface area contributed by atoms with E-state index in [9.17, 15) is 9.59 Å². The molecule has 0 aliphatic heterocycles. The van der Waals surface area contributed by atoms with Crippen LogP contribution in [0.3, 0.4) is 0 Å². The van der Waals surface area contributed by atoms with Gasteiger partial charge in [-0.05, 0) is 31.2 Å². The number of phenols is 1. The number of hydrogen-bond acceptors (Lipinski definition) is 4. The Labute approximate surface area is 107 Å². The molecule has 7 nitrogen and oxygen atoms in total. The van der Waals surface area contributed by atoms with Gasteiger partial charge in [0.05, 0.1) is 0 Å². The van der Waals surface area contributed by atoms with Crippen LogP contribution in [-0.4, -0.2) is 32.3 Å². The Hall–Kier alpha value is -2.83. The van der Waals surface area contributed by atoms with E-state index in [1.54, 1.807) is 6.92 Å². The fraction of sp³-hybridized carbons (Fsp3) is 0.0833. The zero-order valence-corrected chi connectivity index (χ0v) is 9.97. The summed E-state index contributed by atoms with van der Waals surface area (Å²) in [5.74, 6) is -1.68. The van der Waals surface area contributed by atoms with E-state index >= 15 is 0 Å². The van der Waals surface area contributed by atoms with Crippen LogP contribution in [-0.2, 0) is 0 Å². The summed E-state index contributed by atoms with van der Waals surface area (Å²) < 4.78 is 0. The van der Waals surface area contributed by atoms with E-state index in [0.29, 0.717) is 5.69 Å². The van der Waals surface area contributed by atoms with Crippen molar-refractivity contribution >= 4 is 17.7 Å². The Morgan fingerprint density at radius 3 is 2.47 bits per heavy atom. The smallest absolute Gasteiger partial charge is 0.341 e. The maximum Gasteiger partial charge on any atom is 0.341 e. The number of H-pyrrole nitrogens is 1. The Morgan fingerprint density at radius 1 is 1.26 bits per heavy atom. The number of aromatic nitrogens is 2. The van der Waals surface area contributed by atoms with E-state index in [4.69, 9.17) is 10.2 Å². The maximum atomic E-state index is 11.9. The molecule has 0 saturated heterocycles. The molecule has 0 aliphatic rings. The van der Waals surface area contributed by atoms with Crippen molar-refractivity contribution in [1.29, 1.82) is 0 Å². The van der Waals surface area contributed by atoms with Crippen LogP contribution in [0, 0.1) is 6.92 Å². The average molecular weight is 261 g/mol. The van der Waals surface area contributed by atoms with Crippen LogP contribution in [0.2, 0.25) is 0 Å². The van der Waals surface area contributed by atoms with Crippen LogP contribution in [0.15, 0.2) is 24.3 Å². The highest BCUT2D eigenvalue weighted by Gasteiger charge is 2.19. The number of hydrogen-bond donors (Lipinski definition) is 4. The highest BCUT2D eigenvalue weighted by molar-refractivity contribution is 6.07. The SMILES string of the molecule is Cc1[nH]nc(NC(=O)c2ccc(O)cc2)c1C(=O)O. The van der Waals surface area contributed by atoms with Crippen molar-refractivity contribution in [1.82, 2.24) is 10.2 Å². The largest absolute Gasteiger partial charge is 0.508 e. The summed E-state index contributed by atoms with van der Waals surface area (Å²) in [6.45, 7) is 1.55. The van der Waals surface area contributed by atoms with Crippen LogP contribution in [0.25, 0.3) is 0 Å². The zero-order valence-electron chi connectivity index (χ0n) is 9.97. The van der Waals surface area contributed by atoms with Gasteiger partial charge in [-0.15, -0.1) is 0 Å². The molecule has 0 bridgehead atoms. The van der Waals surface area contributed by atoms with E-state index in [1.165, 1.54) is 24.3 Å². The van der Waals surface area contributed by atoms with Crippen molar-refractivity contribution in [2.24, 2.45) is 0 Å². The minimum Gasteiger partial charge on any atom is -0.508 e.